The molecule has 1 atom stereocenters. The molecule has 4 rings (SSSR count). The van der Waals surface area contributed by atoms with Gasteiger partial charge in [0.15, 0.2) is 0 Å². The molecule has 4 nitrogen and oxygen atoms in total. The zero-order valence-corrected chi connectivity index (χ0v) is 17.4. The van der Waals surface area contributed by atoms with E-state index >= 15 is 0 Å². The maximum absolute atomic E-state index is 13.8. The van der Waals surface area contributed by atoms with Gasteiger partial charge in [0.05, 0.1) is 6.04 Å². The molecule has 0 bridgehead atoms. The van der Waals surface area contributed by atoms with Crippen LogP contribution in [0.25, 0.3) is 0 Å². The molecule has 160 valence electrons. The van der Waals surface area contributed by atoms with E-state index in [1.807, 2.05) is 30.3 Å². The molecule has 1 aliphatic rings. The number of carbonyl (C=O) groups is 1. The second-order valence-electron chi connectivity index (χ2n) is 7.78. The van der Waals surface area contributed by atoms with Gasteiger partial charge in [-0.3, -0.25) is 4.90 Å². The smallest absolute Gasteiger partial charge is 0.321 e. The van der Waals surface area contributed by atoms with Crippen molar-refractivity contribution < 1.29 is 13.6 Å². The highest BCUT2D eigenvalue weighted by molar-refractivity contribution is 5.89. The summed E-state index contributed by atoms with van der Waals surface area (Å²) in [7, 11) is 0. The second-order valence-corrected chi connectivity index (χ2v) is 7.78. The Bertz CT molecular complexity index is 1030. The van der Waals surface area contributed by atoms with Crippen molar-refractivity contribution in [3.63, 3.8) is 0 Å². The third kappa shape index (κ3) is 4.91. The molecule has 31 heavy (non-hydrogen) atoms. The number of halogens is 2. The number of piperazine rings is 1. The Morgan fingerprint density at radius 1 is 0.871 bits per heavy atom. The molecule has 1 unspecified atom stereocenters. The van der Waals surface area contributed by atoms with Crippen molar-refractivity contribution in [1.82, 2.24) is 9.80 Å². The van der Waals surface area contributed by atoms with Gasteiger partial charge in [0.25, 0.3) is 0 Å². The van der Waals surface area contributed by atoms with Crippen LogP contribution >= 0.6 is 0 Å². The normalized spacial score (nSPS) is 15.5. The van der Waals surface area contributed by atoms with E-state index in [0.717, 1.165) is 11.1 Å². The van der Waals surface area contributed by atoms with Crippen LogP contribution in [0, 0.1) is 18.6 Å². The number of hydrogen-bond donors (Lipinski definition) is 1. The first-order valence-electron chi connectivity index (χ1n) is 10.4. The molecular formula is C25H25F2N3O. The van der Waals surface area contributed by atoms with Gasteiger partial charge in [-0.25, -0.2) is 13.6 Å². The molecule has 1 saturated heterocycles. The number of amides is 2. The van der Waals surface area contributed by atoms with E-state index in [9.17, 15) is 13.6 Å². The van der Waals surface area contributed by atoms with Gasteiger partial charge < -0.3 is 10.2 Å². The summed E-state index contributed by atoms with van der Waals surface area (Å²) in [6.07, 6.45) is 0. The zero-order chi connectivity index (χ0) is 21.8. The van der Waals surface area contributed by atoms with Crippen molar-refractivity contribution in [2.75, 3.05) is 31.5 Å². The monoisotopic (exact) mass is 421 g/mol. The number of urea groups is 1. The van der Waals surface area contributed by atoms with Crippen molar-refractivity contribution >= 4 is 11.7 Å². The Morgan fingerprint density at radius 2 is 1.52 bits per heavy atom. The first-order valence-corrected chi connectivity index (χ1v) is 10.4. The van der Waals surface area contributed by atoms with Crippen LogP contribution < -0.4 is 5.32 Å². The summed E-state index contributed by atoms with van der Waals surface area (Å²) in [4.78, 5) is 16.7. The van der Waals surface area contributed by atoms with E-state index in [1.54, 1.807) is 24.0 Å². The summed E-state index contributed by atoms with van der Waals surface area (Å²) in [5, 5.41) is 2.78. The lowest BCUT2D eigenvalue weighted by molar-refractivity contribution is 0.126. The number of nitrogens with one attached hydrogen (secondary N) is 1. The maximum Gasteiger partial charge on any atom is 0.321 e. The van der Waals surface area contributed by atoms with E-state index < -0.39 is 0 Å². The summed E-state index contributed by atoms with van der Waals surface area (Å²) >= 11 is 0. The highest BCUT2D eigenvalue weighted by Crippen LogP contribution is 2.30. The lowest BCUT2D eigenvalue weighted by Crippen LogP contribution is -2.51. The molecule has 1 aliphatic heterocycles. The first kappa shape index (κ1) is 21.0. The van der Waals surface area contributed by atoms with Gasteiger partial charge >= 0.3 is 6.03 Å². The Labute approximate surface area is 181 Å². The van der Waals surface area contributed by atoms with E-state index in [0.29, 0.717) is 37.4 Å². The van der Waals surface area contributed by atoms with Crippen molar-refractivity contribution in [1.29, 1.82) is 0 Å². The SMILES string of the molecule is Cc1ccc(NC(=O)N2CCN(C(c3ccccc3)c3ccc(F)cc3)CC2)cc1F. The van der Waals surface area contributed by atoms with Gasteiger partial charge in [0.1, 0.15) is 11.6 Å². The highest BCUT2D eigenvalue weighted by atomic mass is 19.1. The maximum atomic E-state index is 13.8. The number of aryl methyl sites for hydroxylation is 1. The zero-order valence-electron chi connectivity index (χ0n) is 17.4. The largest absolute Gasteiger partial charge is 0.322 e. The number of nitrogens with zero attached hydrogens (tertiary/aromatic N) is 2. The molecule has 1 N–H and O–H groups in total. The summed E-state index contributed by atoms with van der Waals surface area (Å²) < 4.78 is 27.2. The Hall–Kier alpha value is -3.25. The van der Waals surface area contributed by atoms with Crippen LogP contribution in [0.1, 0.15) is 22.7 Å². The van der Waals surface area contributed by atoms with Crippen LogP contribution in [-0.2, 0) is 0 Å². The molecule has 0 radical (unpaired) electrons. The summed E-state index contributed by atoms with van der Waals surface area (Å²) in [6, 6.07) is 21.1. The third-order valence-electron chi connectivity index (χ3n) is 5.69. The Morgan fingerprint density at radius 3 is 2.16 bits per heavy atom. The van der Waals surface area contributed by atoms with Crippen LogP contribution in [0.2, 0.25) is 0 Å². The van der Waals surface area contributed by atoms with Crippen LogP contribution in [-0.4, -0.2) is 42.0 Å². The molecule has 1 heterocycles. The lowest BCUT2D eigenvalue weighted by Gasteiger charge is -2.39. The quantitative estimate of drug-likeness (QED) is 0.628. The fourth-order valence-electron chi connectivity index (χ4n) is 3.95. The Balaban J connectivity index is 1.45. The van der Waals surface area contributed by atoms with Crippen molar-refractivity contribution in [2.24, 2.45) is 0 Å². The van der Waals surface area contributed by atoms with Gasteiger partial charge in [0, 0.05) is 31.9 Å². The van der Waals surface area contributed by atoms with Crippen LogP contribution in [0.5, 0.6) is 0 Å². The fourth-order valence-corrected chi connectivity index (χ4v) is 3.95. The molecular weight excluding hydrogens is 396 g/mol. The Kier molecular flexibility index (Phi) is 6.28. The first-order chi connectivity index (χ1) is 15.0. The minimum atomic E-state index is -0.340. The molecule has 0 aromatic heterocycles. The second kappa shape index (κ2) is 9.27. The van der Waals surface area contributed by atoms with E-state index in [4.69, 9.17) is 0 Å². The molecule has 3 aromatic rings. The number of anilines is 1. The van der Waals surface area contributed by atoms with Crippen LogP contribution in [0.4, 0.5) is 19.3 Å². The predicted octanol–water partition coefficient (Wildman–Crippen LogP) is 5.21. The van der Waals surface area contributed by atoms with E-state index in [2.05, 4.69) is 22.3 Å². The molecule has 2 amide bonds. The summed E-state index contributed by atoms with van der Waals surface area (Å²) in [6.45, 7) is 4.12. The summed E-state index contributed by atoms with van der Waals surface area (Å²) in [5.74, 6) is -0.600. The van der Waals surface area contributed by atoms with Gasteiger partial charge in [0.2, 0.25) is 0 Å². The van der Waals surface area contributed by atoms with Crippen molar-refractivity contribution in [3.8, 4) is 0 Å². The molecule has 0 spiro atoms. The lowest BCUT2D eigenvalue weighted by atomic mass is 9.96. The van der Waals surface area contributed by atoms with Crippen LogP contribution in [0.15, 0.2) is 72.8 Å². The highest BCUT2D eigenvalue weighted by Gasteiger charge is 2.28. The predicted molar refractivity (Wildman–Crippen MR) is 118 cm³/mol. The molecule has 3 aromatic carbocycles. The number of carbonyl (C=O) groups excluding carboxylic acids is 1. The molecule has 6 heteroatoms. The molecule has 0 saturated carbocycles. The number of hydrogen-bond acceptors (Lipinski definition) is 2. The molecule has 1 fully saturated rings. The average Bonchev–Trinajstić information content (AvgIpc) is 2.79. The van der Waals surface area contributed by atoms with Gasteiger partial charge in [-0.15, -0.1) is 0 Å². The van der Waals surface area contributed by atoms with Crippen LogP contribution in [0.3, 0.4) is 0 Å². The summed E-state index contributed by atoms with van der Waals surface area (Å²) in [5.41, 5.74) is 3.13. The number of rotatable bonds is 4. The number of benzene rings is 3. The minimum Gasteiger partial charge on any atom is -0.322 e. The molecule has 0 aliphatic carbocycles. The van der Waals surface area contributed by atoms with Crippen molar-refractivity contribution in [2.45, 2.75) is 13.0 Å². The third-order valence-corrected chi connectivity index (χ3v) is 5.69. The van der Waals surface area contributed by atoms with Crippen molar-refractivity contribution in [3.05, 3.63) is 101 Å². The average molecular weight is 421 g/mol. The van der Waals surface area contributed by atoms with E-state index in [-0.39, 0.29) is 23.7 Å². The van der Waals surface area contributed by atoms with Gasteiger partial charge in [-0.05, 0) is 47.9 Å². The van der Waals surface area contributed by atoms with Gasteiger partial charge in [-0.2, -0.15) is 0 Å². The minimum absolute atomic E-state index is 0.0156. The standard InChI is InChI=1S/C25H25F2N3O/c1-18-7-12-22(17-23(18)27)28-25(31)30-15-13-29(14-16-30)24(19-5-3-2-4-6-19)20-8-10-21(26)11-9-20/h2-12,17,24H,13-16H2,1H3,(H,28,31). The van der Waals surface area contributed by atoms with E-state index in [1.165, 1.54) is 18.2 Å². The topological polar surface area (TPSA) is 35.6 Å². The fraction of sp³-hybridized carbons (Fsp3) is 0.240. The van der Waals surface area contributed by atoms with Gasteiger partial charge in [-0.1, -0.05) is 48.5 Å².